The number of hydrogen-bond acceptors (Lipinski definition) is 4. The van der Waals surface area contributed by atoms with Crippen LogP contribution in [0.3, 0.4) is 0 Å². The number of carboxylic acids is 2. The van der Waals surface area contributed by atoms with E-state index in [1.54, 1.807) is 0 Å². The summed E-state index contributed by atoms with van der Waals surface area (Å²) in [5.74, 6) is -2.24. The molecule has 1 atom stereocenters. The van der Waals surface area contributed by atoms with Gasteiger partial charge in [-0.3, -0.25) is 9.59 Å². The van der Waals surface area contributed by atoms with Crippen LogP contribution in [-0.4, -0.2) is 49.7 Å². The molecule has 0 aromatic heterocycles. The molecule has 0 spiro atoms. The van der Waals surface area contributed by atoms with Gasteiger partial charge in [0.2, 0.25) is 0 Å². The Bertz CT molecular complexity index is 283. The van der Waals surface area contributed by atoms with Gasteiger partial charge in [-0.15, -0.1) is 0 Å². The van der Waals surface area contributed by atoms with Crippen molar-refractivity contribution in [1.82, 2.24) is 5.32 Å². The smallest absolute Gasteiger partial charge is 0.321 e. The average Bonchev–Trinajstić information content (AvgIpc) is 2.21. The van der Waals surface area contributed by atoms with Crippen molar-refractivity contribution in [3.63, 3.8) is 0 Å². The SMILES string of the molecule is CCO[Si](C)(C)CCCN[C@@H](CC(=O)O)C(=O)O. The van der Waals surface area contributed by atoms with Crippen LogP contribution in [0.1, 0.15) is 19.8 Å². The van der Waals surface area contributed by atoms with Crippen LogP contribution in [0.4, 0.5) is 0 Å². The third-order valence-electron chi connectivity index (χ3n) is 2.56. The molecular weight excluding hydrogens is 254 g/mol. The minimum absolute atomic E-state index is 0.401. The molecule has 0 rings (SSSR count). The average molecular weight is 277 g/mol. The quantitative estimate of drug-likeness (QED) is 0.409. The lowest BCUT2D eigenvalue weighted by Gasteiger charge is -2.22. The van der Waals surface area contributed by atoms with Gasteiger partial charge in [-0.2, -0.15) is 0 Å². The van der Waals surface area contributed by atoms with E-state index < -0.39 is 32.7 Å². The van der Waals surface area contributed by atoms with Crippen LogP contribution in [-0.2, 0) is 14.0 Å². The van der Waals surface area contributed by atoms with Gasteiger partial charge in [0.05, 0.1) is 6.42 Å². The molecule has 0 unspecified atom stereocenters. The molecule has 0 radical (unpaired) electrons. The Balaban J connectivity index is 3.93. The van der Waals surface area contributed by atoms with Gasteiger partial charge in [0, 0.05) is 6.61 Å². The Hall–Kier alpha value is -0.923. The van der Waals surface area contributed by atoms with Gasteiger partial charge in [-0.05, 0) is 39.0 Å². The summed E-state index contributed by atoms with van der Waals surface area (Å²) in [7, 11) is -1.64. The lowest BCUT2D eigenvalue weighted by Crippen LogP contribution is -2.40. The summed E-state index contributed by atoms with van der Waals surface area (Å²) in [6, 6.07) is -0.0906. The van der Waals surface area contributed by atoms with Crippen molar-refractivity contribution in [3.8, 4) is 0 Å². The van der Waals surface area contributed by atoms with E-state index in [0.717, 1.165) is 12.5 Å². The third kappa shape index (κ3) is 8.21. The van der Waals surface area contributed by atoms with Crippen LogP contribution in [0.2, 0.25) is 19.1 Å². The summed E-state index contributed by atoms with van der Waals surface area (Å²) in [6.07, 6.45) is 0.393. The number of carboxylic acid groups (broad SMARTS) is 2. The monoisotopic (exact) mass is 277 g/mol. The standard InChI is InChI=1S/C11H23NO5Si/c1-4-17-18(2,3)7-5-6-12-9(11(15)16)8-10(13)14/h9,12H,4-8H2,1-3H3,(H,13,14)(H,15,16)/t9-/m0/s1. The molecule has 0 saturated carbocycles. The summed E-state index contributed by atoms with van der Waals surface area (Å²) in [4.78, 5) is 21.3. The maximum Gasteiger partial charge on any atom is 0.321 e. The zero-order valence-electron chi connectivity index (χ0n) is 11.2. The first-order chi connectivity index (χ1) is 8.28. The molecule has 0 heterocycles. The molecule has 3 N–H and O–H groups in total. The molecular formula is C11H23NO5Si. The second-order valence-electron chi connectivity index (χ2n) is 4.74. The number of carbonyl (C=O) groups is 2. The number of aliphatic carboxylic acids is 2. The van der Waals surface area contributed by atoms with Crippen LogP contribution in [0.15, 0.2) is 0 Å². The van der Waals surface area contributed by atoms with Gasteiger partial charge < -0.3 is 20.0 Å². The van der Waals surface area contributed by atoms with Crippen molar-refractivity contribution in [2.45, 2.75) is 44.9 Å². The molecule has 0 aliphatic carbocycles. The zero-order chi connectivity index (χ0) is 14.2. The molecule has 6 nitrogen and oxygen atoms in total. The fraction of sp³-hybridized carbons (Fsp3) is 0.818. The molecule has 0 amide bonds. The van der Waals surface area contributed by atoms with Crippen LogP contribution >= 0.6 is 0 Å². The van der Waals surface area contributed by atoms with Crippen LogP contribution in [0.5, 0.6) is 0 Å². The highest BCUT2D eigenvalue weighted by Gasteiger charge is 2.23. The lowest BCUT2D eigenvalue weighted by atomic mass is 10.2. The Morgan fingerprint density at radius 2 is 1.94 bits per heavy atom. The largest absolute Gasteiger partial charge is 0.481 e. The first-order valence-corrected chi connectivity index (χ1v) is 9.22. The Morgan fingerprint density at radius 3 is 2.39 bits per heavy atom. The summed E-state index contributed by atoms with van der Waals surface area (Å²) < 4.78 is 5.65. The van der Waals surface area contributed by atoms with Gasteiger partial charge in [0.1, 0.15) is 6.04 Å². The molecule has 0 bridgehead atoms. The van der Waals surface area contributed by atoms with Gasteiger partial charge >= 0.3 is 11.9 Å². The van der Waals surface area contributed by atoms with E-state index in [1.807, 2.05) is 6.92 Å². The van der Waals surface area contributed by atoms with Crippen molar-refractivity contribution in [1.29, 1.82) is 0 Å². The highest BCUT2D eigenvalue weighted by molar-refractivity contribution is 6.71. The van der Waals surface area contributed by atoms with E-state index in [1.165, 1.54) is 0 Å². The minimum Gasteiger partial charge on any atom is -0.481 e. The van der Waals surface area contributed by atoms with Crippen LogP contribution < -0.4 is 5.32 Å². The Morgan fingerprint density at radius 1 is 1.33 bits per heavy atom. The van der Waals surface area contributed by atoms with Gasteiger partial charge in [-0.1, -0.05) is 0 Å². The summed E-state index contributed by atoms with van der Waals surface area (Å²) in [5.41, 5.74) is 0. The lowest BCUT2D eigenvalue weighted by molar-refractivity contribution is -0.145. The molecule has 0 saturated heterocycles. The second kappa shape index (κ2) is 8.23. The molecule has 0 aliphatic rings. The fourth-order valence-corrected chi connectivity index (χ4v) is 3.63. The maximum absolute atomic E-state index is 10.8. The molecule has 7 heteroatoms. The van der Waals surface area contributed by atoms with E-state index >= 15 is 0 Å². The second-order valence-corrected chi connectivity index (χ2v) is 9.05. The van der Waals surface area contributed by atoms with Crippen molar-refractivity contribution >= 4 is 20.3 Å². The van der Waals surface area contributed by atoms with E-state index in [-0.39, 0.29) is 0 Å². The molecule has 0 fully saturated rings. The highest BCUT2D eigenvalue weighted by atomic mass is 28.4. The number of nitrogens with one attached hydrogen (secondary N) is 1. The van der Waals surface area contributed by atoms with Gasteiger partial charge in [0.25, 0.3) is 0 Å². The van der Waals surface area contributed by atoms with Crippen molar-refractivity contribution in [3.05, 3.63) is 0 Å². The molecule has 0 aromatic carbocycles. The van der Waals surface area contributed by atoms with E-state index in [9.17, 15) is 9.59 Å². The van der Waals surface area contributed by atoms with Crippen molar-refractivity contribution in [2.75, 3.05) is 13.2 Å². The third-order valence-corrected chi connectivity index (χ3v) is 5.19. The van der Waals surface area contributed by atoms with E-state index in [2.05, 4.69) is 18.4 Å². The van der Waals surface area contributed by atoms with E-state index in [4.69, 9.17) is 14.6 Å². The first kappa shape index (κ1) is 17.1. The number of hydrogen-bond donors (Lipinski definition) is 3. The predicted octanol–water partition coefficient (Wildman–Crippen LogP) is 1.14. The fourth-order valence-electron chi connectivity index (χ4n) is 1.67. The summed E-state index contributed by atoms with van der Waals surface area (Å²) >= 11 is 0. The maximum atomic E-state index is 10.8. The Labute approximate surface area is 108 Å². The van der Waals surface area contributed by atoms with Crippen LogP contribution in [0.25, 0.3) is 0 Å². The topological polar surface area (TPSA) is 95.9 Å². The highest BCUT2D eigenvalue weighted by Crippen LogP contribution is 2.12. The summed E-state index contributed by atoms with van der Waals surface area (Å²) in [5, 5.41) is 20.1. The van der Waals surface area contributed by atoms with Crippen LogP contribution in [0, 0.1) is 0 Å². The molecule has 0 aliphatic heterocycles. The van der Waals surface area contributed by atoms with Crippen molar-refractivity contribution in [2.24, 2.45) is 0 Å². The van der Waals surface area contributed by atoms with E-state index in [0.29, 0.717) is 13.2 Å². The predicted molar refractivity (Wildman–Crippen MR) is 70.2 cm³/mol. The molecule has 0 aromatic rings. The van der Waals surface area contributed by atoms with Gasteiger partial charge in [0.15, 0.2) is 8.32 Å². The molecule has 106 valence electrons. The zero-order valence-corrected chi connectivity index (χ0v) is 12.2. The van der Waals surface area contributed by atoms with Gasteiger partial charge in [-0.25, -0.2) is 0 Å². The number of rotatable bonds is 10. The molecule has 18 heavy (non-hydrogen) atoms. The Kier molecular flexibility index (Phi) is 7.80. The van der Waals surface area contributed by atoms with Crippen molar-refractivity contribution < 1.29 is 24.2 Å². The normalized spacial score (nSPS) is 13.3. The first-order valence-electron chi connectivity index (χ1n) is 6.10. The summed E-state index contributed by atoms with van der Waals surface area (Å²) in [6.45, 7) is 7.38. The minimum atomic E-state index is -1.64.